The first-order valence-electron chi connectivity index (χ1n) is 6.53. The van der Waals surface area contributed by atoms with Gasteiger partial charge in [0.15, 0.2) is 0 Å². The molecule has 0 aliphatic carbocycles. The van der Waals surface area contributed by atoms with Crippen molar-refractivity contribution in [2.75, 3.05) is 19.6 Å². The second-order valence-electron chi connectivity index (χ2n) is 4.93. The predicted molar refractivity (Wildman–Crippen MR) is 65.2 cm³/mol. The van der Waals surface area contributed by atoms with E-state index in [0.29, 0.717) is 17.7 Å². The highest BCUT2D eigenvalue weighted by Crippen LogP contribution is 2.23. The van der Waals surface area contributed by atoms with E-state index in [9.17, 15) is 27.6 Å². The summed E-state index contributed by atoms with van der Waals surface area (Å²) in [7, 11) is 0. The van der Waals surface area contributed by atoms with Gasteiger partial charge in [0.05, 0.1) is 5.92 Å². The highest BCUT2D eigenvalue weighted by molar-refractivity contribution is 5.89. The van der Waals surface area contributed by atoms with Crippen LogP contribution < -0.4 is 5.32 Å². The number of carboxylic acids is 1. The number of carboxylic acid groups (broad SMARTS) is 1. The maximum absolute atomic E-state index is 12.2. The van der Waals surface area contributed by atoms with Crippen molar-refractivity contribution in [2.24, 2.45) is 5.92 Å². The third kappa shape index (κ3) is 6.46. The van der Waals surface area contributed by atoms with Crippen molar-refractivity contribution in [3.8, 4) is 0 Å². The van der Waals surface area contributed by atoms with Crippen molar-refractivity contribution in [3.05, 3.63) is 0 Å². The van der Waals surface area contributed by atoms with Gasteiger partial charge in [-0.15, -0.1) is 0 Å². The van der Waals surface area contributed by atoms with Gasteiger partial charge in [-0.2, -0.15) is 13.2 Å². The van der Waals surface area contributed by atoms with Crippen LogP contribution >= 0.6 is 0 Å². The zero-order valence-corrected chi connectivity index (χ0v) is 11.3. The van der Waals surface area contributed by atoms with Crippen LogP contribution in [0.4, 0.5) is 13.2 Å². The number of unbranched alkanes of at least 4 members (excludes halogenated alkanes) is 1. The lowest BCUT2D eigenvalue weighted by Crippen LogP contribution is -2.37. The average molecular weight is 310 g/mol. The van der Waals surface area contributed by atoms with Gasteiger partial charge in [0.25, 0.3) is 0 Å². The van der Waals surface area contributed by atoms with E-state index in [1.165, 1.54) is 0 Å². The molecule has 0 saturated carbocycles. The number of rotatable bonds is 7. The first-order chi connectivity index (χ1) is 9.69. The molecule has 1 rings (SSSR count). The van der Waals surface area contributed by atoms with E-state index in [0.717, 1.165) is 0 Å². The zero-order chi connectivity index (χ0) is 16.0. The molecule has 0 radical (unpaired) electrons. The Morgan fingerprint density at radius 2 is 2.00 bits per heavy atom. The number of nitrogens with one attached hydrogen (secondary N) is 1. The molecule has 2 amide bonds. The number of nitrogens with zero attached hydrogens (tertiary/aromatic N) is 1. The molecule has 0 aromatic rings. The molecule has 0 aromatic carbocycles. The van der Waals surface area contributed by atoms with Crippen molar-refractivity contribution in [1.29, 1.82) is 0 Å². The number of halogens is 3. The van der Waals surface area contributed by atoms with Crippen LogP contribution in [0.25, 0.3) is 0 Å². The predicted octanol–water partition coefficient (Wildman–Crippen LogP) is 0.768. The second-order valence-corrected chi connectivity index (χ2v) is 4.93. The van der Waals surface area contributed by atoms with Crippen LogP contribution in [0.3, 0.4) is 0 Å². The van der Waals surface area contributed by atoms with E-state index in [4.69, 9.17) is 5.11 Å². The molecule has 120 valence electrons. The summed E-state index contributed by atoms with van der Waals surface area (Å²) in [6, 6.07) is 0. The van der Waals surface area contributed by atoms with Crippen LogP contribution in [0.2, 0.25) is 0 Å². The second kappa shape index (κ2) is 7.28. The zero-order valence-electron chi connectivity index (χ0n) is 11.3. The van der Waals surface area contributed by atoms with Crippen LogP contribution in [0.5, 0.6) is 0 Å². The summed E-state index contributed by atoms with van der Waals surface area (Å²) < 4.78 is 36.7. The number of likely N-dealkylation sites (tertiary alicyclic amines) is 1. The van der Waals surface area contributed by atoms with Gasteiger partial charge in [0, 0.05) is 25.9 Å². The fourth-order valence-electron chi connectivity index (χ4n) is 2.07. The lowest BCUT2D eigenvalue weighted by Gasteiger charge is -2.18. The van der Waals surface area contributed by atoms with Crippen molar-refractivity contribution in [1.82, 2.24) is 10.2 Å². The van der Waals surface area contributed by atoms with Gasteiger partial charge in [-0.3, -0.25) is 14.4 Å². The standard InChI is InChI=1S/C12H17F3N2O4/c13-12(14,15)7-17-6-8(5-9(17)18)11(21)16-4-2-1-3-10(19)20/h8H,1-7H2,(H,16,21)(H,19,20). The average Bonchev–Trinajstić information content (AvgIpc) is 2.67. The van der Waals surface area contributed by atoms with E-state index in [1.807, 2.05) is 0 Å². The van der Waals surface area contributed by atoms with Gasteiger partial charge < -0.3 is 15.3 Å². The van der Waals surface area contributed by atoms with Crippen molar-refractivity contribution in [3.63, 3.8) is 0 Å². The Kier molecular flexibility index (Phi) is 5.98. The number of aliphatic carboxylic acids is 1. The van der Waals surface area contributed by atoms with Crippen molar-refractivity contribution >= 4 is 17.8 Å². The number of hydrogen-bond donors (Lipinski definition) is 2. The van der Waals surface area contributed by atoms with Gasteiger partial charge in [-0.1, -0.05) is 0 Å². The molecule has 1 heterocycles. The van der Waals surface area contributed by atoms with Gasteiger partial charge in [0.1, 0.15) is 6.54 Å². The topological polar surface area (TPSA) is 86.7 Å². The van der Waals surface area contributed by atoms with E-state index >= 15 is 0 Å². The van der Waals surface area contributed by atoms with Gasteiger partial charge >= 0.3 is 12.1 Å². The summed E-state index contributed by atoms with van der Waals surface area (Å²) in [6.07, 6.45) is -3.84. The number of hydrogen-bond acceptors (Lipinski definition) is 3. The summed E-state index contributed by atoms with van der Waals surface area (Å²) in [5, 5.41) is 10.9. The minimum atomic E-state index is -4.47. The first-order valence-corrected chi connectivity index (χ1v) is 6.53. The normalized spacial score (nSPS) is 18.9. The maximum Gasteiger partial charge on any atom is 0.406 e. The molecule has 0 spiro atoms. The Labute approximate surface area is 119 Å². The molecule has 0 bridgehead atoms. The molecular formula is C12H17F3N2O4. The number of amides is 2. The molecule has 2 N–H and O–H groups in total. The summed E-state index contributed by atoms with van der Waals surface area (Å²) in [6.45, 7) is -1.33. The molecule has 1 fully saturated rings. The molecule has 1 saturated heterocycles. The highest BCUT2D eigenvalue weighted by Gasteiger charge is 2.40. The summed E-state index contributed by atoms with van der Waals surface area (Å²) >= 11 is 0. The highest BCUT2D eigenvalue weighted by atomic mass is 19.4. The fraction of sp³-hybridized carbons (Fsp3) is 0.750. The minimum Gasteiger partial charge on any atom is -0.481 e. The van der Waals surface area contributed by atoms with Crippen molar-refractivity contribution in [2.45, 2.75) is 31.9 Å². The molecule has 21 heavy (non-hydrogen) atoms. The summed E-state index contributed by atoms with van der Waals surface area (Å²) in [5.41, 5.74) is 0. The minimum absolute atomic E-state index is 0.00283. The molecule has 1 aliphatic heterocycles. The molecular weight excluding hydrogens is 293 g/mol. The molecule has 9 heteroatoms. The Hall–Kier alpha value is -1.80. The maximum atomic E-state index is 12.2. The van der Waals surface area contributed by atoms with Crippen LogP contribution in [0.15, 0.2) is 0 Å². The van der Waals surface area contributed by atoms with E-state index < -0.39 is 36.4 Å². The largest absolute Gasteiger partial charge is 0.481 e. The van der Waals surface area contributed by atoms with Gasteiger partial charge in [-0.25, -0.2) is 0 Å². The van der Waals surface area contributed by atoms with Crippen LogP contribution in [0, 0.1) is 5.92 Å². The van der Waals surface area contributed by atoms with Crippen LogP contribution in [-0.4, -0.2) is 53.6 Å². The number of alkyl halides is 3. The molecule has 6 nitrogen and oxygen atoms in total. The SMILES string of the molecule is O=C(O)CCCCNC(=O)C1CC(=O)N(CC(F)(F)F)C1. The third-order valence-electron chi connectivity index (χ3n) is 3.07. The van der Waals surface area contributed by atoms with Gasteiger partial charge in [0.2, 0.25) is 11.8 Å². The van der Waals surface area contributed by atoms with Crippen molar-refractivity contribution < 1.29 is 32.7 Å². The number of carbonyl (C=O) groups is 3. The van der Waals surface area contributed by atoms with E-state index in [1.54, 1.807) is 0 Å². The third-order valence-corrected chi connectivity index (χ3v) is 3.07. The summed E-state index contributed by atoms with van der Waals surface area (Å²) in [5.74, 6) is -2.86. The molecule has 1 atom stereocenters. The Balaban J connectivity index is 2.30. The van der Waals surface area contributed by atoms with E-state index in [2.05, 4.69) is 5.32 Å². The van der Waals surface area contributed by atoms with Gasteiger partial charge in [-0.05, 0) is 12.8 Å². The van der Waals surface area contributed by atoms with Crippen LogP contribution in [0.1, 0.15) is 25.7 Å². The smallest absolute Gasteiger partial charge is 0.406 e. The lowest BCUT2D eigenvalue weighted by molar-refractivity contribution is -0.157. The lowest BCUT2D eigenvalue weighted by atomic mass is 10.1. The summed E-state index contributed by atoms with van der Waals surface area (Å²) in [4.78, 5) is 34.0. The Morgan fingerprint density at radius 1 is 1.33 bits per heavy atom. The van der Waals surface area contributed by atoms with Crippen LogP contribution in [-0.2, 0) is 14.4 Å². The molecule has 1 unspecified atom stereocenters. The monoisotopic (exact) mass is 310 g/mol. The first kappa shape index (κ1) is 17.3. The fourth-order valence-corrected chi connectivity index (χ4v) is 2.07. The Bertz CT molecular complexity index is 412. The number of carbonyl (C=O) groups excluding carboxylic acids is 2. The van der Waals surface area contributed by atoms with E-state index in [-0.39, 0.29) is 25.9 Å². The molecule has 1 aliphatic rings. The molecule has 0 aromatic heterocycles. The Morgan fingerprint density at radius 3 is 2.57 bits per heavy atom. The quantitative estimate of drug-likeness (QED) is 0.680.